The van der Waals surface area contributed by atoms with Gasteiger partial charge in [0.15, 0.2) is 11.0 Å². The Hall–Kier alpha value is -1.05. The van der Waals surface area contributed by atoms with Gasteiger partial charge < -0.3 is 5.32 Å². The number of halogens is 2. The molecule has 0 spiro atoms. The molecule has 1 heterocycles. The van der Waals surface area contributed by atoms with E-state index in [4.69, 9.17) is 28.5 Å². The Labute approximate surface area is 98.2 Å². The van der Waals surface area contributed by atoms with Crippen LogP contribution in [0.1, 0.15) is 26.3 Å². The molecule has 4 nitrogen and oxygen atoms in total. The van der Waals surface area contributed by atoms with Gasteiger partial charge in [-0.1, -0.05) is 11.6 Å². The first-order valence-electron chi connectivity index (χ1n) is 4.25. The standard InChI is InChI=1S/C9H10Cl2N4/c1-9(2,3)15-7-5(4-12)6(10)13-8(11)14-7/h1-3H3,(H,13,14,15). The van der Waals surface area contributed by atoms with Crippen molar-refractivity contribution in [3.05, 3.63) is 16.0 Å². The zero-order valence-electron chi connectivity index (χ0n) is 8.60. The zero-order valence-corrected chi connectivity index (χ0v) is 10.1. The smallest absolute Gasteiger partial charge is 0.225 e. The Bertz CT molecular complexity index is 417. The average molecular weight is 245 g/mol. The van der Waals surface area contributed by atoms with Crippen molar-refractivity contribution in [3.8, 4) is 6.07 Å². The molecular weight excluding hydrogens is 235 g/mol. The second kappa shape index (κ2) is 4.21. The van der Waals surface area contributed by atoms with E-state index in [0.717, 1.165) is 0 Å². The van der Waals surface area contributed by atoms with Crippen LogP contribution in [-0.2, 0) is 0 Å². The van der Waals surface area contributed by atoms with Gasteiger partial charge in [0.2, 0.25) is 5.28 Å². The number of hydrogen-bond acceptors (Lipinski definition) is 4. The molecule has 0 bridgehead atoms. The number of anilines is 1. The zero-order chi connectivity index (χ0) is 11.6. The molecule has 80 valence electrons. The summed E-state index contributed by atoms with van der Waals surface area (Å²) in [5.41, 5.74) is -0.0249. The van der Waals surface area contributed by atoms with Crippen molar-refractivity contribution < 1.29 is 0 Å². The monoisotopic (exact) mass is 244 g/mol. The van der Waals surface area contributed by atoms with Crippen LogP contribution >= 0.6 is 23.2 Å². The molecule has 0 saturated heterocycles. The molecule has 0 saturated carbocycles. The lowest BCUT2D eigenvalue weighted by molar-refractivity contribution is 0.629. The van der Waals surface area contributed by atoms with Gasteiger partial charge >= 0.3 is 0 Å². The molecule has 0 aliphatic heterocycles. The van der Waals surface area contributed by atoms with Crippen LogP contribution in [0.3, 0.4) is 0 Å². The summed E-state index contributed by atoms with van der Waals surface area (Å²) < 4.78 is 0. The summed E-state index contributed by atoms with van der Waals surface area (Å²) in [6.45, 7) is 5.83. The van der Waals surface area contributed by atoms with Crippen LogP contribution in [0.25, 0.3) is 0 Å². The summed E-state index contributed by atoms with van der Waals surface area (Å²) >= 11 is 11.4. The molecule has 0 unspecified atom stereocenters. The summed E-state index contributed by atoms with van der Waals surface area (Å²) in [5, 5.41) is 12.0. The van der Waals surface area contributed by atoms with Crippen molar-refractivity contribution in [2.24, 2.45) is 0 Å². The van der Waals surface area contributed by atoms with Crippen LogP contribution in [0.5, 0.6) is 0 Å². The Morgan fingerprint density at radius 3 is 2.33 bits per heavy atom. The predicted octanol–water partition coefficient (Wildman–Crippen LogP) is 2.87. The minimum atomic E-state index is -0.230. The lowest BCUT2D eigenvalue weighted by Gasteiger charge is -2.21. The topological polar surface area (TPSA) is 61.6 Å². The largest absolute Gasteiger partial charge is 0.364 e. The van der Waals surface area contributed by atoms with Crippen molar-refractivity contribution in [2.75, 3.05) is 5.32 Å². The van der Waals surface area contributed by atoms with Crippen LogP contribution < -0.4 is 5.32 Å². The lowest BCUT2D eigenvalue weighted by Crippen LogP contribution is -2.27. The van der Waals surface area contributed by atoms with Gasteiger partial charge in [-0.2, -0.15) is 10.2 Å². The maximum Gasteiger partial charge on any atom is 0.225 e. The van der Waals surface area contributed by atoms with E-state index in [1.54, 1.807) is 0 Å². The van der Waals surface area contributed by atoms with Crippen molar-refractivity contribution in [1.82, 2.24) is 9.97 Å². The van der Waals surface area contributed by atoms with Gasteiger partial charge in [0.05, 0.1) is 0 Å². The molecule has 1 N–H and O–H groups in total. The molecule has 0 aliphatic rings. The highest BCUT2D eigenvalue weighted by Gasteiger charge is 2.17. The molecule has 0 atom stereocenters. The molecule has 0 fully saturated rings. The number of nitrogens with one attached hydrogen (secondary N) is 1. The molecule has 1 aromatic heterocycles. The first-order valence-corrected chi connectivity index (χ1v) is 5.00. The number of nitriles is 1. The maximum absolute atomic E-state index is 8.89. The molecule has 6 heteroatoms. The second-order valence-electron chi connectivity index (χ2n) is 3.99. The third kappa shape index (κ3) is 3.22. The molecule has 0 aliphatic carbocycles. The second-order valence-corrected chi connectivity index (χ2v) is 4.69. The van der Waals surface area contributed by atoms with Gasteiger partial charge in [0.25, 0.3) is 0 Å². The fraction of sp³-hybridized carbons (Fsp3) is 0.444. The fourth-order valence-electron chi connectivity index (χ4n) is 0.952. The highest BCUT2D eigenvalue weighted by Crippen LogP contribution is 2.24. The minimum Gasteiger partial charge on any atom is -0.364 e. The molecule has 15 heavy (non-hydrogen) atoms. The van der Waals surface area contributed by atoms with Crippen molar-refractivity contribution >= 4 is 29.0 Å². The molecule has 1 rings (SSSR count). The summed E-state index contributed by atoms with van der Waals surface area (Å²) in [6.07, 6.45) is 0. The van der Waals surface area contributed by atoms with Gasteiger partial charge in [-0.05, 0) is 32.4 Å². The molecular formula is C9H10Cl2N4. The molecule has 0 amide bonds. The SMILES string of the molecule is CC(C)(C)Nc1nc(Cl)nc(Cl)c1C#N. The maximum atomic E-state index is 8.89. The van der Waals surface area contributed by atoms with Gasteiger partial charge in [-0.15, -0.1) is 0 Å². The summed E-state index contributed by atoms with van der Waals surface area (Å²) in [6, 6.07) is 1.94. The van der Waals surface area contributed by atoms with E-state index in [0.29, 0.717) is 5.82 Å². The average Bonchev–Trinajstić information content (AvgIpc) is 1.99. The van der Waals surface area contributed by atoms with Crippen LogP contribution in [0.4, 0.5) is 5.82 Å². The van der Waals surface area contributed by atoms with E-state index in [2.05, 4.69) is 15.3 Å². The number of rotatable bonds is 1. The van der Waals surface area contributed by atoms with Crippen molar-refractivity contribution in [3.63, 3.8) is 0 Å². The van der Waals surface area contributed by atoms with E-state index in [9.17, 15) is 0 Å². The van der Waals surface area contributed by atoms with E-state index in [-0.39, 0.29) is 21.5 Å². The summed E-state index contributed by atoms with van der Waals surface area (Å²) in [4.78, 5) is 7.62. The van der Waals surface area contributed by atoms with Gasteiger partial charge in [-0.3, -0.25) is 0 Å². The van der Waals surface area contributed by atoms with E-state index in [1.807, 2.05) is 26.8 Å². The highest BCUT2D eigenvalue weighted by molar-refractivity contribution is 6.33. The Morgan fingerprint density at radius 2 is 1.87 bits per heavy atom. The first kappa shape index (κ1) is 12.0. The van der Waals surface area contributed by atoms with Crippen LogP contribution in [0, 0.1) is 11.3 Å². The van der Waals surface area contributed by atoms with Gasteiger partial charge in [0, 0.05) is 5.54 Å². The first-order chi connectivity index (χ1) is 6.83. The van der Waals surface area contributed by atoms with Crippen LogP contribution in [0.2, 0.25) is 10.4 Å². The van der Waals surface area contributed by atoms with E-state index in [1.165, 1.54) is 0 Å². The van der Waals surface area contributed by atoms with Crippen molar-refractivity contribution in [1.29, 1.82) is 5.26 Å². The Morgan fingerprint density at radius 1 is 1.27 bits per heavy atom. The van der Waals surface area contributed by atoms with E-state index < -0.39 is 0 Å². The van der Waals surface area contributed by atoms with Crippen molar-refractivity contribution in [2.45, 2.75) is 26.3 Å². The Kier molecular flexibility index (Phi) is 3.38. The summed E-state index contributed by atoms with van der Waals surface area (Å²) in [5.74, 6) is 0.356. The third-order valence-electron chi connectivity index (χ3n) is 1.44. The predicted molar refractivity (Wildman–Crippen MR) is 60.1 cm³/mol. The molecule has 0 aromatic carbocycles. The number of aromatic nitrogens is 2. The van der Waals surface area contributed by atoms with Gasteiger partial charge in [0.1, 0.15) is 11.6 Å². The van der Waals surface area contributed by atoms with E-state index >= 15 is 0 Å². The fourth-order valence-corrected chi connectivity index (χ4v) is 1.38. The lowest BCUT2D eigenvalue weighted by atomic mass is 10.1. The minimum absolute atomic E-state index is 0.0192. The molecule has 1 aromatic rings. The van der Waals surface area contributed by atoms with Crippen LogP contribution in [-0.4, -0.2) is 15.5 Å². The third-order valence-corrected chi connectivity index (χ3v) is 1.89. The Balaban J connectivity index is 3.23. The highest BCUT2D eigenvalue weighted by atomic mass is 35.5. The van der Waals surface area contributed by atoms with Gasteiger partial charge in [-0.25, -0.2) is 4.98 Å². The number of hydrogen-bond donors (Lipinski definition) is 1. The normalized spacial score (nSPS) is 10.9. The summed E-state index contributed by atoms with van der Waals surface area (Å²) in [7, 11) is 0. The number of nitrogens with zero attached hydrogens (tertiary/aromatic N) is 3. The quantitative estimate of drug-likeness (QED) is 0.610. The van der Waals surface area contributed by atoms with Crippen LogP contribution in [0.15, 0.2) is 0 Å². The molecule has 0 radical (unpaired) electrons.